The number of fused-ring (bicyclic) bond motifs is 1. The quantitative estimate of drug-likeness (QED) is 0.492. The highest BCUT2D eigenvalue weighted by atomic mass is 32.1. The van der Waals surface area contributed by atoms with Crippen LogP contribution in [0.15, 0.2) is 18.3 Å². The summed E-state index contributed by atoms with van der Waals surface area (Å²) in [6.07, 6.45) is 10.6. The zero-order chi connectivity index (χ0) is 22.9. The first-order valence-corrected chi connectivity index (χ1v) is 13.4. The molecule has 7 heteroatoms. The van der Waals surface area contributed by atoms with E-state index in [9.17, 15) is 9.59 Å². The molecule has 3 aliphatic carbocycles. The zero-order valence-electron chi connectivity index (χ0n) is 19.1. The molecule has 0 radical (unpaired) electrons. The lowest BCUT2D eigenvalue weighted by Gasteiger charge is -2.23. The minimum atomic E-state index is -0.0280. The molecule has 0 spiro atoms. The summed E-state index contributed by atoms with van der Waals surface area (Å²) in [6, 6.07) is 4.07. The molecule has 2 saturated carbocycles. The van der Waals surface area contributed by atoms with Crippen LogP contribution in [-0.2, 0) is 24.1 Å². The molecule has 0 saturated heterocycles. The summed E-state index contributed by atoms with van der Waals surface area (Å²) in [4.78, 5) is 32.4. The van der Waals surface area contributed by atoms with Crippen LogP contribution in [0.2, 0.25) is 0 Å². The second-order valence-corrected chi connectivity index (χ2v) is 11.6. The Hall–Kier alpha value is -2.12. The summed E-state index contributed by atoms with van der Waals surface area (Å²) >= 11 is 7.38. The lowest BCUT2D eigenvalue weighted by Crippen LogP contribution is -2.28. The molecule has 0 aliphatic heterocycles. The molecule has 0 aromatic carbocycles. The summed E-state index contributed by atoms with van der Waals surface area (Å²) in [5.41, 5.74) is 4.08. The van der Waals surface area contributed by atoms with E-state index in [1.165, 1.54) is 23.3 Å². The number of thiocarbonyl (C=S) groups is 1. The van der Waals surface area contributed by atoms with Crippen LogP contribution in [-0.4, -0.2) is 28.2 Å². The number of aryl methyl sites for hydroxylation is 2. The van der Waals surface area contributed by atoms with Gasteiger partial charge in [0.05, 0.1) is 5.56 Å². The van der Waals surface area contributed by atoms with Gasteiger partial charge in [-0.05, 0) is 92.2 Å². The highest BCUT2D eigenvalue weighted by molar-refractivity contribution is 7.80. The molecule has 2 N–H and O–H groups in total. The number of hydrogen-bond acceptors (Lipinski definition) is 5. The van der Waals surface area contributed by atoms with Gasteiger partial charge in [-0.1, -0.05) is 18.3 Å². The molecule has 5 rings (SSSR count). The Bertz CT molecular complexity index is 1090. The molecule has 2 fully saturated rings. The van der Waals surface area contributed by atoms with Crippen molar-refractivity contribution in [3.8, 4) is 0 Å². The fraction of sp³-hybridized carbons (Fsp3) is 0.538. The Morgan fingerprint density at radius 2 is 2.00 bits per heavy atom. The van der Waals surface area contributed by atoms with Crippen molar-refractivity contribution in [1.82, 2.24) is 10.3 Å². The number of hydrogen-bond donors (Lipinski definition) is 2. The van der Waals surface area contributed by atoms with Crippen LogP contribution < -0.4 is 10.6 Å². The fourth-order valence-electron chi connectivity index (χ4n) is 4.68. The average molecular weight is 482 g/mol. The molecule has 2 heterocycles. The maximum absolute atomic E-state index is 13.2. The van der Waals surface area contributed by atoms with Crippen LogP contribution in [0.5, 0.6) is 0 Å². The minimum absolute atomic E-state index is 0.0280. The molecule has 174 valence electrons. The van der Waals surface area contributed by atoms with Gasteiger partial charge in [0.25, 0.3) is 5.91 Å². The third-order valence-electron chi connectivity index (χ3n) is 7.04. The van der Waals surface area contributed by atoms with Crippen LogP contribution in [0.3, 0.4) is 0 Å². The second kappa shape index (κ2) is 9.63. The van der Waals surface area contributed by atoms with Crippen molar-refractivity contribution in [2.75, 3.05) is 11.9 Å². The number of pyridine rings is 1. The van der Waals surface area contributed by atoms with Crippen molar-refractivity contribution in [2.45, 2.75) is 64.7 Å². The first kappa shape index (κ1) is 22.7. The summed E-state index contributed by atoms with van der Waals surface area (Å²) in [6.45, 7) is 2.76. The lowest BCUT2D eigenvalue weighted by molar-refractivity contribution is -0.117. The highest BCUT2D eigenvalue weighted by Gasteiger charge is 2.34. The molecule has 0 unspecified atom stereocenters. The fourth-order valence-corrected chi connectivity index (χ4v) is 6.31. The van der Waals surface area contributed by atoms with Gasteiger partial charge in [0, 0.05) is 35.7 Å². The maximum Gasteiger partial charge on any atom is 0.254 e. The third-order valence-corrected chi connectivity index (χ3v) is 8.56. The van der Waals surface area contributed by atoms with E-state index in [0.29, 0.717) is 17.4 Å². The van der Waals surface area contributed by atoms with Gasteiger partial charge in [-0.15, -0.1) is 11.3 Å². The minimum Gasteiger partial charge on any atom is -0.352 e. The normalized spacial score (nSPS) is 19.6. The Kier molecular flexibility index (Phi) is 6.61. The molecule has 2 aromatic heterocycles. The molecule has 2 amide bonds. The van der Waals surface area contributed by atoms with Crippen molar-refractivity contribution in [2.24, 2.45) is 17.8 Å². The van der Waals surface area contributed by atoms with E-state index in [-0.39, 0.29) is 17.7 Å². The number of amides is 2. The van der Waals surface area contributed by atoms with E-state index in [4.69, 9.17) is 12.2 Å². The molecule has 1 atom stereocenters. The van der Waals surface area contributed by atoms with Crippen LogP contribution in [0.4, 0.5) is 5.00 Å². The standard InChI is InChI=1S/C26H31N3O2S2/c1-15-19(3-2-10-27-15)13-20(32)11-17-6-9-22-21(12-17)23(25(31)28-14-16-4-5-16)26(33-22)29-24(30)18-7-8-18/h2-3,10,16-18H,4-9,11-14H2,1H3,(H,28,31)(H,29,30)/t17-/m1/s1. The number of carbonyl (C=O) groups excluding carboxylic acids is 2. The largest absolute Gasteiger partial charge is 0.352 e. The van der Waals surface area contributed by atoms with Gasteiger partial charge in [-0.3, -0.25) is 14.6 Å². The van der Waals surface area contributed by atoms with E-state index in [0.717, 1.165) is 72.6 Å². The molecule has 5 nitrogen and oxygen atoms in total. The topological polar surface area (TPSA) is 71.1 Å². The van der Waals surface area contributed by atoms with E-state index in [2.05, 4.69) is 21.7 Å². The Morgan fingerprint density at radius 1 is 1.18 bits per heavy atom. The average Bonchev–Trinajstić information content (AvgIpc) is 3.70. The Morgan fingerprint density at radius 3 is 2.73 bits per heavy atom. The molecular formula is C26H31N3O2S2. The predicted octanol–water partition coefficient (Wildman–Crippen LogP) is 5.05. The van der Waals surface area contributed by atoms with Crippen molar-refractivity contribution in [3.63, 3.8) is 0 Å². The van der Waals surface area contributed by atoms with E-state index in [1.807, 2.05) is 19.2 Å². The summed E-state index contributed by atoms with van der Waals surface area (Å²) in [5.74, 6) is 1.20. The number of anilines is 1. The number of aromatic nitrogens is 1. The number of nitrogens with zero attached hydrogens (tertiary/aromatic N) is 1. The van der Waals surface area contributed by atoms with E-state index < -0.39 is 0 Å². The van der Waals surface area contributed by atoms with Gasteiger partial charge in [-0.25, -0.2) is 0 Å². The Balaban J connectivity index is 1.31. The SMILES string of the molecule is Cc1ncccc1CC(=S)C[C@H]1CCc2sc(NC(=O)C3CC3)c(C(=O)NCC3CC3)c2C1. The summed E-state index contributed by atoms with van der Waals surface area (Å²) < 4.78 is 0. The van der Waals surface area contributed by atoms with Crippen LogP contribution in [0.1, 0.15) is 70.6 Å². The highest BCUT2D eigenvalue weighted by Crippen LogP contribution is 2.42. The molecule has 0 bridgehead atoms. The second-order valence-electron chi connectivity index (χ2n) is 9.90. The number of thiophene rings is 1. The first-order valence-electron chi connectivity index (χ1n) is 12.1. The van der Waals surface area contributed by atoms with Crippen LogP contribution in [0.25, 0.3) is 0 Å². The van der Waals surface area contributed by atoms with Crippen molar-refractivity contribution in [3.05, 3.63) is 45.6 Å². The van der Waals surface area contributed by atoms with E-state index >= 15 is 0 Å². The smallest absolute Gasteiger partial charge is 0.254 e. The van der Waals surface area contributed by atoms with Gasteiger partial charge in [0.15, 0.2) is 0 Å². The summed E-state index contributed by atoms with van der Waals surface area (Å²) in [7, 11) is 0. The van der Waals surface area contributed by atoms with Crippen LogP contribution >= 0.6 is 23.6 Å². The van der Waals surface area contributed by atoms with Gasteiger partial charge in [0.1, 0.15) is 5.00 Å². The maximum atomic E-state index is 13.2. The molecule has 33 heavy (non-hydrogen) atoms. The molecule has 2 aromatic rings. The van der Waals surface area contributed by atoms with Gasteiger partial charge < -0.3 is 10.6 Å². The predicted molar refractivity (Wildman–Crippen MR) is 136 cm³/mol. The first-order chi connectivity index (χ1) is 16.0. The monoisotopic (exact) mass is 481 g/mol. The van der Waals surface area contributed by atoms with Gasteiger partial charge >= 0.3 is 0 Å². The van der Waals surface area contributed by atoms with Crippen molar-refractivity contribution in [1.29, 1.82) is 0 Å². The molecular weight excluding hydrogens is 450 g/mol. The number of nitrogens with one attached hydrogen (secondary N) is 2. The molecule has 3 aliphatic rings. The lowest BCUT2D eigenvalue weighted by atomic mass is 9.83. The number of carbonyl (C=O) groups is 2. The number of rotatable bonds is 9. The summed E-state index contributed by atoms with van der Waals surface area (Å²) in [5, 5.41) is 6.98. The van der Waals surface area contributed by atoms with E-state index in [1.54, 1.807) is 11.3 Å². The van der Waals surface area contributed by atoms with Gasteiger partial charge in [-0.2, -0.15) is 0 Å². The third kappa shape index (κ3) is 5.52. The van der Waals surface area contributed by atoms with Crippen LogP contribution in [0, 0.1) is 24.7 Å². The van der Waals surface area contributed by atoms with Crippen molar-refractivity contribution < 1.29 is 9.59 Å². The van der Waals surface area contributed by atoms with Crippen molar-refractivity contribution >= 4 is 45.2 Å². The van der Waals surface area contributed by atoms with Gasteiger partial charge in [0.2, 0.25) is 5.91 Å². The Labute approximate surface area is 204 Å². The zero-order valence-corrected chi connectivity index (χ0v) is 20.7.